The summed E-state index contributed by atoms with van der Waals surface area (Å²) in [7, 11) is 0. The number of fused-ring (bicyclic) bond motifs is 2. The minimum absolute atomic E-state index is 0.0920. The Balaban J connectivity index is 1.60. The monoisotopic (exact) mass is 356 g/mol. The summed E-state index contributed by atoms with van der Waals surface area (Å²) in [5, 5.41) is 3.12. The number of benzene rings is 1. The number of ether oxygens (including phenoxy) is 1. The zero-order valence-electron chi connectivity index (χ0n) is 13.9. The molecule has 0 saturated heterocycles. The summed E-state index contributed by atoms with van der Waals surface area (Å²) in [6, 6.07) is 6.11. The highest BCUT2D eigenvalue weighted by atomic mass is 19.4. The largest absolute Gasteiger partial charge is 0.484 e. The molecule has 0 spiro atoms. The van der Waals surface area contributed by atoms with Crippen molar-refractivity contribution < 1.29 is 22.7 Å². The van der Waals surface area contributed by atoms with Crippen LogP contribution >= 0.6 is 0 Å². The van der Waals surface area contributed by atoms with Crippen LogP contribution in [0.2, 0.25) is 0 Å². The molecule has 0 aliphatic heterocycles. The van der Waals surface area contributed by atoms with Gasteiger partial charge in [0.2, 0.25) is 0 Å². The van der Waals surface area contributed by atoms with Crippen LogP contribution in [0, 0.1) is 11.8 Å². The molecule has 2 fully saturated rings. The van der Waals surface area contributed by atoms with Crippen LogP contribution in [0.15, 0.2) is 24.3 Å². The highest BCUT2D eigenvalue weighted by molar-refractivity contribution is 5.94. The molecule has 0 aromatic heterocycles. The first-order valence-corrected chi connectivity index (χ1v) is 8.68. The molecule has 2 atom stereocenters. The molecule has 4 nitrogen and oxygen atoms in total. The van der Waals surface area contributed by atoms with Crippen LogP contribution in [0.3, 0.4) is 0 Å². The van der Waals surface area contributed by atoms with Crippen LogP contribution in [-0.2, 0) is 0 Å². The quantitative estimate of drug-likeness (QED) is 0.870. The van der Waals surface area contributed by atoms with Crippen LogP contribution in [0.5, 0.6) is 5.75 Å². The zero-order chi connectivity index (χ0) is 18.0. The first-order chi connectivity index (χ1) is 11.8. The van der Waals surface area contributed by atoms with Crippen molar-refractivity contribution in [2.75, 3.05) is 6.61 Å². The number of hydrogen-bond acceptors (Lipinski definition) is 3. The van der Waals surface area contributed by atoms with Crippen LogP contribution in [0.25, 0.3) is 0 Å². The van der Waals surface area contributed by atoms with Gasteiger partial charge in [0.15, 0.2) is 6.61 Å². The Hall–Kier alpha value is -1.76. The van der Waals surface area contributed by atoms with E-state index in [9.17, 15) is 18.0 Å². The average Bonchev–Trinajstić information content (AvgIpc) is 2.53. The summed E-state index contributed by atoms with van der Waals surface area (Å²) in [5.41, 5.74) is 6.52. The van der Waals surface area contributed by atoms with E-state index in [4.69, 9.17) is 5.73 Å². The van der Waals surface area contributed by atoms with E-state index in [1.165, 1.54) is 30.7 Å². The number of amides is 1. The fourth-order valence-corrected chi connectivity index (χ4v) is 4.13. The van der Waals surface area contributed by atoms with Crippen molar-refractivity contribution in [3.05, 3.63) is 29.8 Å². The van der Waals surface area contributed by atoms with E-state index >= 15 is 0 Å². The molecule has 3 N–H and O–H groups in total. The van der Waals surface area contributed by atoms with Crippen molar-refractivity contribution in [3.8, 4) is 5.75 Å². The van der Waals surface area contributed by atoms with Gasteiger partial charge in [-0.3, -0.25) is 4.79 Å². The van der Waals surface area contributed by atoms with E-state index in [2.05, 4.69) is 10.1 Å². The molecular formula is C18H23F3N2O2. The van der Waals surface area contributed by atoms with Crippen molar-refractivity contribution in [2.24, 2.45) is 17.6 Å². The summed E-state index contributed by atoms with van der Waals surface area (Å²) < 4.78 is 41.1. The maximum absolute atomic E-state index is 12.5. The van der Waals surface area contributed by atoms with Gasteiger partial charge in [0, 0.05) is 17.6 Å². The van der Waals surface area contributed by atoms with Gasteiger partial charge in [-0.05, 0) is 61.8 Å². The minimum atomic E-state index is -4.38. The Morgan fingerprint density at radius 3 is 2.32 bits per heavy atom. The first-order valence-electron chi connectivity index (χ1n) is 8.68. The van der Waals surface area contributed by atoms with Gasteiger partial charge < -0.3 is 15.8 Å². The Morgan fingerprint density at radius 1 is 1.16 bits per heavy atom. The number of halogens is 3. The maximum atomic E-state index is 12.5. The van der Waals surface area contributed by atoms with Crippen molar-refractivity contribution in [2.45, 2.75) is 50.4 Å². The van der Waals surface area contributed by atoms with Crippen LogP contribution in [0.4, 0.5) is 13.2 Å². The van der Waals surface area contributed by atoms with Crippen molar-refractivity contribution in [3.63, 3.8) is 0 Å². The van der Waals surface area contributed by atoms with E-state index < -0.39 is 12.8 Å². The summed E-state index contributed by atoms with van der Waals surface area (Å²) in [6.45, 7) is -1.34. The molecular weight excluding hydrogens is 333 g/mol. The lowest BCUT2D eigenvalue weighted by atomic mass is 9.67. The van der Waals surface area contributed by atoms with Gasteiger partial charge in [-0.1, -0.05) is 6.42 Å². The van der Waals surface area contributed by atoms with E-state index in [1.54, 1.807) is 0 Å². The lowest BCUT2D eigenvalue weighted by Gasteiger charge is -2.45. The molecule has 2 unspecified atom stereocenters. The maximum Gasteiger partial charge on any atom is 0.422 e. The molecule has 1 amide bonds. The van der Waals surface area contributed by atoms with Crippen molar-refractivity contribution in [1.29, 1.82) is 0 Å². The molecule has 0 heterocycles. The molecule has 2 bridgehead atoms. The van der Waals surface area contributed by atoms with E-state index in [-0.39, 0.29) is 23.7 Å². The molecule has 3 rings (SSSR count). The normalized spacial score (nSPS) is 29.1. The molecule has 2 aliphatic carbocycles. The number of rotatable bonds is 4. The number of nitrogens with one attached hydrogen (secondary N) is 1. The highest BCUT2D eigenvalue weighted by Crippen LogP contribution is 2.39. The van der Waals surface area contributed by atoms with E-state index in [0.29, 0.717) is 17.4 Å². The molecule has 1 aromatic rings. The Labute approximate surface area is 144 Å². The van der Waals surface area contributed by atoms with Crippen LogP contribution in [-0.4, -0.2) is 30.8 Å². The van der Waals surface area contributed by atoms with Gasteiger partial charge in [-0.2, -0.15) is 13.2 Å². The van der Waals surface area contributed by atoms with E-state index in [0.717, 1.165) is 25.7 Å². The van der Waals surface area contributed by atoms with Gasteiger partial charge in [0.25, 0.3) is 5.91 Å². The minimum Gasteiger partial charge on any atom is -0.484 e. The fourth-order valence-electron chi connectivity index (χ4n) is 4.13. The predicted molar refractivity (Wildman–Crippen MR) is 87.3 cm³/mol. The lowest BCUT2D eigenvalue weighted by molar-refractivity contribution is -0.153. The van der Waals surface area contributed by atoms with Gasteiger partial charge in [0.1, 0.15) is 5.75 Å². The second kappa shape index (κ2) is 7.23. The third kappa shape index (κ3) is 4.66. The summed E-state index contributed by atoms with van der Waals surface area (Å²) >= 11 is 0. The molecule has 1 aromatic carbocycles. The first kappa shape index (κ1) is 18.0. The topological polar surface area (TPSA) is 64.3 Å². The van der Waals surface area contributed by atoms with Crippen LogP contribution < -0.4 is 15.8 Å². The van der Waals surface area contributed by atoms with E-state index in [1.807, 2.05) is 0 Å². The fraction of sp³-hybridized carbons (Fsp3) is 0.611. The second-order valence-corrected chi connectivity index (χ2v) is 7.11. The Morgan fingerprint density at radius 2 is 1.76 bits per heavy atom. The van der Waals surface area contributed by atoms with Crippen molar-refractivity contribution in [1.82, 2.24) is 5.32 Å². The average molecular weight is 356 g/mol. The summed E-state index contributed by atoms with van der Waals surface area (Å²) in [4.78, 5) is 12.5. The number of nitrogens with two attached hydrogens (primary N) is 1. The predicted octanol–water partition coefficient (Wildman–Crippen LogP) is 3.26. The number of alkyl halides is 3. The smallest absolute Gasteiger partial charge is 0.422 e. The summed E-state index contributed by atoms with van der Waals surface area (Å²) in [5.74, 6) is 0.732. The standard InChI is InChI=1S/C18H23F3N2O2/c19-18(20,21)10-25-15-6-4-11(5-7-15)17(24)23-16-12-2-1-3-13(16)9-14(22)8-12/h4-7,12-14,16H,1-3,8-10,22H2,(H,23,24). The molecule has 25 heavy (non-hydrogen) atoms. The van der Waals surface area contributed by atoms with Gasteiger partial charge in [-0.25, -0.2) is 0 Å². The summed E-state index contributed by atoms with van der Waals surface area (Å²) in [6.07, 6.45) is 0.839. The number of hydrogen-bond donors (Lipinski definition) is 2. The molecule has 138 valence electrons. The van der Waals surface area contributed by atoms with Crippen molar-refractivity contribution >= 4 is 5.91 Å². The third-order valence-corrected chi connectivity index (χ3v) is 5.19. The second-order valence-electron chi connectivity index (χ2n) is 7.11. The molecule has 0 radical (unpaired) electrons. The number of carbonyl (C=O) groups excluding carboxylic acids is 1. The molecule has 7 heteroatoms. The van der Waals surface area contributed by atoms with Crippen LogP contribution in [0.1, 0.15) is 42.5 Å². The zero-order valence-corrected chi connectivity index (χ0v) is 13.9. The third-order valence-electron chi connectivity index (χ3n) is 5.19. The van der Waals surface area contributed by atoms with Gasteiger partial charge in [0.05, 0.1) is 0 Å². The Kier molecular flexibility index (Phi) is 5.22. The number of carbonyl (C=O) groups is 1. The highest BCUT2D eigenvalue weighted by Gasteiger charge is 2.40. The Bertz CT molecular complexity index is 589. The van der Waals surface area contributed by atoms with Gasteiger partial charge in [-0.15, -0.1) is 0 Å². The van der Waals surface area contributed by atoms with Gasteiger partial charge >= 0.3 is 6.18 Å². The molecule has 2 saturated carbocycles. The lowest BCUT2D eigenvalue weighted by Crippen LogP contribution is -2.53. The molecule has 2 aliphatic rings. The SMILES string of the molecule is NC1CC2CCCC(C1)C2NC(=O)c1ccc(OCC(F)(F)F)cc1.